The monoisotopic (exact) mass is 414 g/mol. The van der Waals surface area contributed by atoms with Crippen LogP contribution in [0.25, 0.3) is 0 Å². The number of aromatic nitrogens is 3. The highest BCUT2D eigenvalue weighted by atomic mass is 16.5. The summed E-state index contributed by atoms with van der Waals surface area (Å²) in [5.41, 5.74) is 5.98. The Morgan fingerprint density at radius 3 is 1.17 bits per heavy atom. The molecule has 1 rings (SSSR count). The van der Waals surface area contributed by atoms with E-state index in [1.165, 1.54) is 0 Å². The van der Waals surface area contributed by atoms with Crippen molar-refractivity contribution in [2.45, 2.75) is 53.4 Å². The first-order valence-corrected chi connectivity index (χ1v) is 10.5. The summed E-state index contributed by atoms with van der Waals surface area (Å²) in [7, 11) is 0. The van der Waals surface area contributed by atoms with Crippen LogP contribution < -0.4 is 15.5 Å². The van der Waals surface area contributed by atoms with Gasteiger partial charge in [0.25, 0.3) is 0 Å². The first kappa shape index (κ1) is 25.3. The zero-order valence-corrected chi connectivity index (χ0v) is 18.4. The van der Waals surface area contributed by atoms with E-state index in [0.29, 0.717) is 65.2 Å². The van der Waals surface area contributed by atoms with Gasteiger partial charge in [-0.15, -0.1) is 0 Å². The lowest BCUT2D eigenvalue weighted by molar-refractivity contribution is 0.0822. The molecule has 0 saturated heterocycles. The third kappa shape index (κ3) is 10.6. The highest BCUT2D eigenvalue weighted by Gasteiger charge is 2.17. The Morgan fingerprint density at radius 2 is 0.897 bits per heavy atom. The van der Waals surface area contributed by atoms with Gasteiger partial charge in [0, 0.05) is 26.4 Å². The Kier molecular flexibility index (Phi) is 14.0. The van der Waals surface area contributed by atoms with Gasteiger partial charge in [0.15, 0.2) is 0 Å². The molecule has 0 bridgehead atoms. The molecule has 0 aliphatic rings. The molecular formula is C19H38N6O4. The highest BCUT2D eigenvalue weighted by molar-refractivity contribution is 5.42. The average Bonchev–Trinajstić information content (AvgIpc) is 2.71. The molecule has 0 atom stereocenters. The van der Waals surface area contributed by atoms with E-state index < -0.39 is 0 Å². The molecule has 1 heterocycles. The Balaban J connectivity index is 2.98. The van der Waals surface area contributed by atoms with Crippen LogP contribution in [0.4, 0.5) is 17.8 Å². The van der Waals surface area contributed by atoms with E-state index >= 15 is 0 Å². The lowest BCUT2D eigenvalue weighted by atomic mass is 10.5. The summed E-state index contributed by atoms with van der Waals surface area (Å²) in [5, 5.41) is 0. The van der Waals surface area contributed by atoms with E-state index in [1.807, 2.05) is 0 Å². The Labute approximate surface area is 174 Å². The normalized spacial score (nSPS) is 11.0. The highest BCUT2D eigenvalue weighted by Crippen LogP contribution is 2.16. The predicted octanol–water partition coefficient (Wildman–Crippen LogP) is 2.60. The second kappa shape index (κ2) is 16.1. The number of hydrogen-bond acceptors (Lipinski definition) is 10. The number of nitrogens with zero attached hydrogens (tertiary/aromatic N) is 5. The van der Waals surface area contributed by atoms with Gasteiger partial charge in [-0.2, -0.15) is 15.0 Å². The second-order valence-corrected chi connectivity index (χ2v) is 6.52. The first-order chi connectivity index (χ1) is 14.2. The summed E-state index contributed by atoms with van der Waals surface area (Å²) >= 11 is 0. The van der Waals surface area contributed by atoms with Crippen molar-refractivity contribution in [2.24, 2.45) is 0 Å². The maximum Gasteiger partial charge on any atom is 0.235 e. The fraction of sp³-hybridized carbons (Fsp3) is 0.842. The van der Waals surface area contributed by atoms with Crippen LogP contribution in [-0.2, 0) is 18.9 Å². The fourth-order valence-electron chi connectivity index (χ4n) is 2.23. The number of nitrogen functional groups attached to an aromatic ring is 1. The molecule has 0 amide bonds. The third-order valence-electron chi connectivity index (χ3n) is 3.58. The van der Waals surface area contributed by atoms with E-state index in [4.69, 9.17) is 24.7 Å². The molecule has 0 aromatic carbocycles. The van der Waals surface area contributed by atoms with E-state index in [2.05, 4.69) is 42.6 Å². The SMILES string of the molecule is CCCOCN(COCCC)c1nc(N)nc(N(COCCC)COCCC)n1. The Bertz CT molecular complexity index is 475. The van der Waals surface area contributed by atoms with Gasteiger partial charge < -0.3 is 24.7 Å². The van der Waals surface area contributed by atoms with Crippen LogP contribution in [0.5, 0.6) is 0 Å². The lowest BCUT2D eigenvalue weighted by Crippen LogP contribution is -2.34. The van der Waals surface area contributed by atoms with Gasteiger partial charge >= 0.3 is 0 Å². The van der Waals surface area contributed by atoms with Gasteiger partial charge in [-0.25, -0.2) is 0 Å². The average molecular weight is 415 g/mol. The minimum absolute atomic E-state index is 0.122. The van der Waals surface area contributed by atoms with Gasteiger partial charge in [0.1, 0.15) is 26.9 Å². The van der Waals surface area contributed by atoms with Crippen molar-refractivity contribution in [2.75, 3.05) is 68.9 Å². The standard InChI is InChI=1S/C19H38N6O4/c1-5-9-26-13-24(14-27-10-6-2)18-21-17(20)22-19(23-18)25(15-28-11-7-3)16-29-12-8-4/h5-16H2,1-4H3,(H2,20,21,22,23). The molecule has 2 N–H and O–H groups in total. The van der Waals surface area contributed by atoms with Crippen LogP contribution in [0.3, 0.4) is 0 Å². The smallest absolute Gasteiger partial charge is 0.235 e. The van der Waals surface area contributed by atoms with E-state index in [1.54, 1.807) is 9.80 Å². The van der Waals surface area contributed by atoms with Gasteiger partial charge in [0.05, 0.1) is 0 Å². The van der Waals surface area contributed by atoms with Crippen molar-refractivity contribution in [3.63, 3.8) is 0 Å². The van der Waals surface area contributed by atoms with Crippen molar-refractivity contribution >= 4 is 17.8 Å². The zero-order valence-electron chi connectivity index (χ0n) is 18.4. The topological polar surface area (TPSA) is 108 Å². The number of nitrogens with two attached hydrogens (primary N) is 1. The van der Waals surface area contributed by atoms with Crippen molar-refractivity contribution in [1.29, 1.82) is 0 Å². The first-order valence-electron chi connectivity index (χ1n) is 10.5. The number of rotatable bonds is 18. The van der Waals surface area contributed by atoms with Gasteiger partial charge in [0.2, 0.25) is 17.8 Å². The molecule has 1 aromatic heterocycles. The molecule has 0 aliphatic heterocycles. The molecule has 0 radical (unpaired) electrons. The number of anilines is 3. The van der Waals surface area contributed by atoms with Crippen molar-refractivity contribution in [3.8, 4) is 0 Å². The van der Waals surface area contributed by atoms with Crippen LogP contribution in [0.1, 0.15) is 53.4 Å². The molecular weight excluding hydrogens is 376 g/mol. The van der Waals surface area contributed by atoms with Crippen molar-refractivity contribution in [1.82, 2.24) is 15.0 Å². The molecule has 168 valence electrons. The fourth-order valence-corrected chi connectivity index (χ4v) is 2.23. The Morgan fingerprint density at radius 1 is 0.586 bits per heavy atom. The molecule has 10 heteroatoms. The Hall–Kier alpha value is -1.75. The van der Waals surface area contributed by atoms with Crippen molar-refractivity contribution in [3.05, 3.63) is 0 Å². The van der Waals surface area contributed by atoms with Crippen LogP contribution in [0.15, 0.2) is 0 Å². The molecule has 1 aromatic rings. The summed E-state index contributed by atoms with van der Waals surface area (Å²) in [6, 6.07) is 0. The van der Waals surface area contributed by atoms with E-state index in [0.717, 1.165) is 25.7 Å². The maximum absolute atomic E-state index is 5.98. The molecule has 0 spiro atoms. The largest absolute Gasteiger partial charge is 0.368 e. The number of ether oxygens (including phenoxy) is 4. The van der Waals surface area contributed by atoms with Crippen LogP contribution in [0, 0.1) is 0 Å². The van der Waals surface area contributed by atoms with E-state index in [9.17, 15) is 0 Å². The lowest BCUT2D eigenvalue weighted by Gasteiger charge is -2.25. The molecule has 0 fully saturated rings. The van der Waals surface area contributed by atoms with Crippen LogP contribution >= 0.6 is 0 Å². The minimum atomic E-state index is 0.122. The summed E-state index contributed by atoms with van der Waals surface area (Å²) in [5.74, 6) is 0.920. The minimum Gasteiger partial charge on any atom is -0.368 e. The van der Waals surface area contributed by atoms with Gasteiger partial charge in [-0.3, -0.25) is 9.80 Å². The molecule has 0 aliphatic carbocycles. The summed E-state index contributed by atoms with van der Waals surface area (Å²) in [4.78, 5) is 16.7. The summed E-state index contributed by atoms with van der Waals surface area (Å²) < 4.78 is 22.7. The second-order valence-electron chi connectivity index (χ2n) is 6.52. The van der Waals surface area contributed by atoms with Gasteiger partial charge in [-0.1, -0.05) is 27.7 Å². The van der Waals surface area contributed by atoms with Crippen LogP contribution in [0.2, 0.25) is 0 Å². The molecule has 10 nitrogen and oxygen atoms in total. The third-order valence-corrected chi connectivity index (χ3v) is 3.58. The quantitative estimate of drug-likeness (QED) is 0.284. The molecule has 29 heavy (non-hydrogen) atoms. The van der Waals surface area contributed by atoms with E-state index in [-0.39, 0.29) is 5.95 Å². The zero-order chi connectivity index (χ0) is 21.3. The van der Waals surface area contributed by atoms with Crippen molar-refractivity contribution < 1.29 is 18.9 Å². The number of hydrogen-bond donors (Lipinski definition) is 1. The predicted molar refractivity (Wildman–Crippen MR) is 114 cm³/mol. The van der Waals surface area contributed by atoms with Gasteiger partial charge in [-0.05, 0) is 25.7 Å². The maximum atomic E-state index is 5.98. The summed E-state index contributed by atoms with van der Waals surface area (Å²) in [6.45, 7) is 12.0. The molecule has 0 saturated carbocycles. The van der Waals surface area contributed by atoms with Crippen LogP contribution in [-0.4, -0.2) is 68.3 Å². The molecule has 0 unspecified atom stereocenters. The summed E-state index contributed by atoms with van der Waals surface area (Å²) in [6.07, 6.45) is 3.69.